The van der Waals surface area contributed by atoms with Crippen LogP contribution in [0.5, 0.6) is 0 Å². The van der Waals surface area contributed by atoms with E-state index in [1.165, 1.54) is 16.3 Å². The van der Waals surface area contributed by atoms with E-state index in [-0.39, 0.29) is 42.1 Å². The Morgan fingerprint density at radius 2 is 1.88 bits per heavy atom. The first-order chi connectivity index (χ1) is 15.3. The molecule has 2 amide bonds. The zero-order chi connectivity index (χ0) is 23.3. The quantitative estimate of drug-likeness (QED) is 0.451. The number of fused-ring (bicyclic) bond motifs is 3. The predicted octanol–water partition coefficient (Wildman–Crippen LogP) is 2.21. The highest BCUT2D eigenvalue weighted by Gasteiger charge is 2.18. The topological polar surface area (TPSA) is 110 Å². The van der Waals surface area contributed by atoms with E-state index >= 15 is 0 Å². The molecule has 32 heavy (non-hydrogen) atoms. The van der Waals surface area contributed by atoms with Gasteiger partial charge >= 0.3 is 0 Å². The highest BCUT2D eigenvalue weighted by atomic mass is 32.2. The molecule has 0 radical (unpaired) electrons. The fourth-order valence-corrected chi connectivity index (χ4v) is 3.95. The van der Waals surface area contributed by atoms with Crippen LogP contribution in [0.1, 0.15) is 40.5 Å². The van der Waals surface area contributed by atoms with Crippen molar-refractivity contribution in [2.45, 2.75) is 58.3 Å². The fraction of sp³-hybridized carbons (Fsp3) is 0.500. The summed E-state index contributed by atoms with van der Waals surface area (Å²) < 4.78 is 3.26. The van der Waals surface area contributed by atoms with Crippen LogP contribution in [0.3, 0.4) is 0 Å². The number of carbonyl (C=O) groups is 2. The maximum atomic E-state index is 13.1. The molecule has 3 rings (SSSR count). The van der Waals surface area contributed by atoms with Crippen molar-refractivity contribution in [1.82, 2.24) is 29.8 Å². The molecule has 0 saturated heterocycles. The molecule has 10 heteroatoms. The van der Waals surface area contributed by atoms with Gasteiger partial charge < -0.3 is 10.6 Å². The Balaban J connectivity index is 1.91. The second-order valence-corrected chi connectivity index (χ2v) is 9.15. The van der Waals surface area contributed by atoms with Gasteiger partial charge in [-0.05, 0) is 31.4 Å². The second-order valence-electron chi connectivity index (χ2n) is 8.21. The number of nitrogens with zero attached hydrogens (tertiary/aromatic N) is 4. The average Bonchev–Trinajstić information content (AvgIpc) is 3.20. The third-order valence-electron chi connectivity index (χ3n) is 5.10. The molecule has 1 aromatic carbocycles. The lowest BCUT2D eigenvalue weighted by Gasteiger charge is -2.12. The third kappa shape index (κ3) is 5.48. The van der Waals surface area contributed by atoms with E-state index in [9.17, 15) is 14.4 Å². The first kappa shape index (κ1) is 23.8. The lowest BCUT2D eigenvalue weighted by molar-refractivity contribution is -0.121. The van der Waals surface area contributed by atoms with E-state index in [4.69, 9.17) is 0 Å². The monoisotopic (exact) mass is 458 g/mol. The van der Waals surface area contributed by atoms with E-state index in [2.05, 4.69) is 20.8 Å². The lowest BCUT2D eigenvalue weighted by atomic mass is 10.2. The standard InChI is InChI=1S/C22H30N6O3S/c1-5-15(4)24-19(30)13-32-22-26-25-21-27(11-10-18(29)23-12-14(2)3)20(31)16-8-6-7-9-17(16)28(21)22/h6-9,14-15H,5,10-13H2,1-4H3,(H,23,29)(H,24,30)/t15-/m0/s1. The molecule has 2 aromatic heterocycles. The molecule has 172 valence electrons. The number of amides is 2. The minimum atomic E-state index is -0.219. The second kappa shape index (κ2) is 10.6. The molecule has 2 heterocycles. The molecule has 0 bridgehead atoms. The van der Waals surface area contributed by atoms with Crippen molar-refractivity contribution in [3.05, 3.63) is 34.6 Å². The summed E-state index contributed by atoms with van der Waals surface area (Å²) in [7, 11) is 0. The van der Waals surface area contributed by atoms with Crippen molar-refractivity contribution < 1.29 is 9.59 Å². The Bertz CT molecular complexity index is 1170. The van der Waals surface area contributed by atoms with E-state index in [1.807, 2.05) is 39.8 Å². The van der Waals surface area contributed by atoms with Gasteiger partial charge in [0.25, 0.3) is 5.56 Å². The van der Waals surface area contributed by atoms with Crippen molar-refractivity contribution in [3.8, 4) is 0 Å². The van der Waals surface area contributed by atoms with Crippen LogP contribution < -0.4 is 16.2 Å². The molecule has 3 aromatic rings. The molecule has 1 atom stereocenters. The molecular formula is C22H30N6O3S. The van der Waals surface area contributed by atoms with Crippen LogP contribution >= 0.6 is 11.8 Å². The zero-order valence-electron chi connectivity index (χ0n) is 18.9. The van der Waals surface area contributed by atoms with Crippen LogP contribution in [-0.2, 0) is 16.1 Å². The summed E-state index contributed by atoms with van der Waals surface area (Å²) in [6.07, 6.45) is 1.01. The Morgan fingerprint density at radius 1 is 1.12 bits per heavy atom. The summed E-state index contributed by atoms with van der Waals surface area (Å²) in [4.78, 5) is 37.6. The van der Waals surface area contributed by atoms with Crippen LogP contribution in [-0.4, -0.2) is 49.3 Å². The highest BCUT2D eigenvalue weighted by Crippen LogP contribution is 2.21. The van der Waals surface area contributed by atoms with E-state index in [0.717, 1.165) is 6.42 Å². The van der Waals surface area contributed by atoms with Gasteiger partial charge in [0.1, 0.15) is 0 Å². The largest absolute Gasteiger partial charge is 0.356 e. The number of carbonyl (C=O) groups excluding carboxylic acids is 2. The van der Waals surface area contributed by atoms with Crippen LogP contribution in [0.15, 0.2) is 34.2 Å². The molecule has 0 spiro atoms. The van der Waals surface area contributed by atoms with Gasteiger partial charge in [0.2, 0.25) is 17.6 Å². The molecule has 0 aliphatic carbocycles. The Hall–Kier alpha value is -2.88. The number of aryl methyl sites for hydroxylation is 1. The normalized spacial score (nSPS) is 12.4. The van der Waals surface area contributed by atoms with Gasteiger partial charge in [-0.15, -0.1) is 10.2 Å². The van der Waals surface area contributed by atoms with E-state index in [0.29, 0.717) is 34.3 Å². The summed E-state index contributed by atoms with van der Waals surface area (Å²) >= 11 is 1.26. The maximum absolute atomic E-state index is 13.1. The van der Waals surface area contributed by atoms with Gasteiger partial charge in [0, 0.05) is 25.6 Å². The SMILES string of the molecule is CC[C@H](C)NC(=O)CSc1nnc2n(CCC(=O)NCC(C)C)c(=O)c3ccccc3n12. The molecule has 0 saturated carbocycles. The van der Waals surface area contributed by atoms with Crippen molar-refractivity contribution in [1.29, 1.82) is 0 Å². The Kier molecular flexibility index (Phi) is 7.89. The van der Waals surface area contributed by atoms with Gasteiger partial charge in [0.05, 0.1) is 16.7 Å². The lowest BCUT2D eigenvalue weighted by Crippen LogP contribution is -2.33. The first-order valence-electron chi connectivity index (χ1n) is 10.9. The van der Waals surface area contributed by atoms with Crippen LogP contribution in [0.25, 0.3) is 16.7 Å². The number of benzene rings is 1. The molecule has 0 fully saturated rings. The summed E-state index contributed by atoms with van der Waals surface area (Å²) in [6.45, 7) is 8.79. The van der Waals surface area contributed by atoms with Crippen molar-refractivity contribution in [3.63, 3.8) is 0 Å². The number of rotatable bonds is 10. The van der Waals surface area contributed by atoms with Gasteiger partial charge in [0.15, 0.2) is 5.16 Å². The van der Waals surface area contributed by atoms with Gasteiger partial charge in [-0.3, -0.25) is 23.4 Å². The van der Waals surface area contributed by atoms with Crippen molar-refractivity contribution >= 4 is 40.3 Å². The summed E-state index contributed by atoms with van der Waals surface area (Å²) in [6, 6.07) is 7.32. The van der Waals surface area contributed by atoms with E-state index < -0.39 is 0 Å². The molecular weight excluding hydrogens is 428 g/mol. The van der Waals surface area contributed by atoms with E-state index in [1.54, 1.807) is 16.5 Å². The average molecular weight is 459 g/mol. The van der Waals surface area contributed by atoms with Gasteiger partial charge in [-0.1, -0.05) is 44.7 Å². The van der Waals surface area contributed by atoms with Crippen molar-refractivity contribution in [2.24, 2.45) is 5.92 Å². The molecule has 2 N–H and O–H groups in total. The third-order valence-corrected chi connectivity index (χ3v) is 6.03. The number of nitrogens with one attached hydrogen (secondary N) is 2. The summed E-state index contributed by atoms with van der Waals surface area (Å²) in [5.74, 6) is 0.696. The first-order valence-corrected chi connectivity index (χ1v) is 11.9. The number of thioether (sulfide) groups is 1. The number of aromatic nitrogens is 4. The summed E-state index contributed by atoms with van der Waals surface area (Å²) in [5.41, 5.74) is 0.450. The molecule has 0 unspecified atom stereocenters. The number of hydrogen-bond acceptors (Lipinski definition) is 6. The molecule has 0 aliphatic heterocycles. The van der Waals surface area contributed by atoms with Gasteiger partial charge in [-0.25, -0.2) is 0 Å². The molecule has 0 aliphatic rings. The summed E-state index contributed by atoms with van der Waals surface area (Å²) in [5, 5.41) is 15.3. The minimum absolute atomic E-state index is 0.0828. The van der Waals surface area contributed by atoms with Crippen LogP contribution in [0.2, 0.25) is 0 Å². The van der Waals surface area contributed by atoms with Crippen LogP contribution in [0, 0.1) is 5.92 Å². The Morgan fingerprint density at radius 3 is 2.59 bits per heavy atom. The zero-order valence-corrected chi connectivity index (χ0v) is 19.7. The Labute approximate surface area is 191 Å². The number of hydrogen-bond donors (Lipinski definition) is 2. The molecule has 9 nitrogen and oxygen atoms in total. The minimum Gasteiger partial charge on any atom is -0.356 e. The highest BCUT2D eigenvalue weighted by molar-refractivity contribution is 7.99. The number of para-hydroxylation sites is 1. The maximum Gasteiger partial charge on any atom is 0.262 e. The smallest absolute Gasteiger partial charge is 0.262 e. The van der Waals surface area contributed by atoms with Crippen molar-refractivity contribution in [2.75, 3.05) is 12.3 Å². The van der Waals surface area contributed by atoms with Gasteiger partial charge in [-0.2, -0.15) is 0 Å². The fourth-order valence-electron chi connectivity index (χ4n) is 3.20. The predicted molar refractivity (Wildman–Crippen MR) is 126 cm³/mol. The van der Waals surface area contributed by atoms with Crippen LogP contribution in [0.4, 0.5) is 0 Å².